The summed E-state index contributed by atoms with van der Waals surface area (Å²) in [6, 6.07) is 5.28. The van der Waals surface area contributed by atoms with Gasteiger partial charge in [0.1, 0.15) is 17.8 Å². The lowest BCUT2D eigenvalue weighted by atomic mass is 10.0. The molecule has 0 unspecified atom stereocenters. The van der Waals surface area contributed by atoms with Crippen LogP contribution in [-0.4, -0.2) is 78.8 Å². The zero-order valence-electron chi connectivity index (χ0n) is 16.6. The van der Waals surface area contributed by atoms with Crippen molar-refractivity contribution in [2.75, 3.05) is 33.3 Å². The smallest absolute Gasteiger partial charge is 0.254 e. The molecule has 0 bridgehead atoms. The first-order chi connectivity index (χ1) is 13.9. The van der Waals surface area contributed by atoms with Crippen LogP contribution in [0.1, 0.15) is 30.1 Å². The van der Waals surface area contributed by atoms with Gasteiger partial charge in [0.2, 0.25) is 17.7 Å². The van der Waals surface area contributed by atoms with Crippen LogP contribution in [0.2, 0.25) is 0 Å². The normalized spacial score (nSPS) is 21.9. The predicted octanol–water partition coefficient (Wildman–Crippen LogP) is -0.237. The molecule has 3 rings (SSSR count). The maximum Gasteiger partial charge on any atom is 0.254 e. The largest absolute Gasteiger partial charge is 0.497 e. The summed E-state index contributed by atoms with van der Waals surface area (Å²) in [7, 11) is 1.55. The van der Waals surface area contributed by atoms with Gasteiger partial charge < -0.3 is 25.2 Å². The molecule has 29 heavy (non-hydrogen) atoms. The molecule has 0 saturated carbocycles. The Balaban J connectivity index is 1.72. The number of hydrogen-bond donors (Lipinski definition) is 2. The molecule has 156 valence electrons. The van der Waals surface area contributed by atoms with Crippen molar-refractivity contribution < 1.29 is 23.9 Å². The van der Waals surface area contributed by atoms with E-state index in [1.54, 1.807) is 36.3 Å². The van der Waals surface area contributed by atoms with Crippen molar-refractivity contribution in [1.82, 2.24) is 20.4 Å². The number of rotatable bonds is 4. The molecule has 2 fully saturated rings. The molecule has 1 aromatic carbocycles. The van der Waals surface area contributed by atoms with Crippen LogP contribution in [0.4, 0.5) is 0 Å². The van der Waals surface area contributed by atoms with Crippen molar-refractivity contribution in [2.24, 2.45) is 0 Å². The second-order valence-electron chi connectivity index (χ2n) is 7.20. The average Bonchev–Trinajstić information content (AvgIpc) is 2.74. The maximum absolute atomic E-state index is 12.9. The van der Waals surface area contributed by atoms with Gasteiger partial charge in [0, 0.05) is 32.1 Å². The van der Waals surface area contributed by atoms with Crippen molar-refractivity contribution in [1.29, 1.82) is 0 Å². The first kappa shape index (κ1) is 20.6. The van der Waals surface area contributed by atoms with Gasteiger partial charge in [0.05, 0.1) is 13.7 Å². The van der Waals surface area contributed by atoms with E-state index >= 15 is 0 Å². The number of methoxy groups -OCH3 is 1. The van der Waals surface area contributed by atoms with Gasteiger partial charge in [0.15, 0.2) is 0 Å². The Morgan fingerprint density at radius 2 is 1.90 bits per heavy atom. The van der Waals surface area contributed by atoms with E-state index in [1.165, 1.54) is 11.8 Å². The SMILES string of the molecule is COc1ccc(C(=O)N2CCN(C(C)=O)[C@H](C(=O)N[C@@H]3CCCNC3=O)C2)cc1. The fourth-order valence-corrected chi connectivity index (χ4v) is 3.66. The number of amides is 4. The van der Waals surface area contributed by atoms with Crippen molar-refractivity contribution in [3.05, 3.63) is 29.8 Å². The van der Waals surface area contributed by atoms with E-state index in [0.717, 1.165) is 6.42 Å². The van der Waals surface area contributed by atoms with Crippen LogP contribution >= 0.6 is 0 Å². The van der Waals surface area contributed by atoms with Gasteiger partial charge in [-0.25, -0.2) is 0 Å². The fourth-order valence-electron chi connectivity index (χ4n) is 3.66. The van der Waals surface area contributed by atoms with Crippen LogP contribution in [0, 0.1) is 0 Å². The number of piperazine rings is 1. The highest BCUT2D eigenvalue weighted by molar-refractivity contribution is 5.96. The van der Waals surface area contributed by atoms with Gasteiger partial charge in [-0.1, -0.05) is 0 Å². The Bertz CT molecular complexity index is 795. The number of benzene rings is 1. The summed E-state index contributed by atoms with van der Waals surface area (Å²) in [6.07, 6.45) is 1.33. The number of hydrogen-bond acceptors (Lipinski definition) is 5. The summed E-state index contributed by atoms with van der Waals surface area (Å²) >= 11 is 0. The molecule has 9 nitrogen and oxygen atoms in total. The van der Waals surface area contributed by atoms with Crippen LogP contribution < -0.4 is 15.4 Å². The third-order valence-electron chi connectivity index (χ3n) is 5.31. The highest BCUT2D eigenvalue weighted by Crippen LogP contribution is 2.17. The molecule has 0 spiro atoms. The Morgan fingerprint density at radius 1 is 1.17 bits per heavy atom. The average molecular weight is 402 g/mol. The molecule has 0 aliphatic carbocycles. The fraction of sp³-hybridized carbons (Fsp3) is 0.500. The molecule has 2 heterocycles. The first-order valence-corrected chi connectivity index (χ1v) is 9.69. The quantitative estimate of drug-likeness (QED) is 0.723. The molecular weight excluding hydrogens is 376 g/mol. The number of nitrogens with zero attached hydrogens (tertiary/aromatic N) is 2. The van der Waals surface area contributed by atoms with Crippen LogP contribution in [0.25, 0.3) is 0 Å². The Kier molecular flexibility index (Phi) is 6.36. The summed E-state index contributed by atoms with van der Waals surface area (Å²) in [5.41, 5.74) is 0.480. The Morgan fingerprint density at radius 3 is 2.52 bits per heavy atom. The zero-order valence-corrected chi connectivity index (χ0v) is 16.6. The number of carbonyl (C=O) groups excluding carboxylic acids is 4. The van der Waals surface area contributed by atoms with E-state index in [2.05, 4.69) is 10.6 Å². The van der Waals surface area contributed by atoms with E-state index in [0.29, 0.717) is 30.8 Å². The van der Waals surface area contributed by atoms with E-state index in [9.17, 15) is 19.2 Å². The van der Waals surface area contributed by atoms with E-state index < -0.39 is 18.0 Å². The molecular formula is C20H26N4O5. The van der Waals surface area contributed by atoms with Gasteiger partial charge in [-0.05, 0) is 37.1 Å². The minimum absolute atomic E-state index is 0.0740. The summed E-state index contributed by atoms with van der Waals surface area (Å²) in [4.78, 5) is 52.8. The van der Waals surface area contributed by atoms with Crippen molar-refractivity contribution >= 4 is 23.6 Å². The lowest BCUT2D eigenvalue weighted by Gasteiger charge is -2.40. The van der Waals surface area contributed by atoms with Gasteiger partial charge in [0.25, 0.3) is 5.91 Å². The van der Waals surface area contributed by atoms with Crippen LogP contribution in [0.5, 0.6) is 5.75 Å². The van der Waals surface area contributed by atoms with Crippen molar-refractivity contribution in [2.45, 2.75) is 31.8 Å². The number of nitrogens with one attached hydrogen (secondary N) is 2. The predicted molar refractivity (Wildman–Crippen MR) is 104 cm³/mol. The second kappa shape index (κ2) is 8.93. The van der Waals surface area contributed by atoms with E-state index in [-0.39, 0.29) is 30.8 Å². The topological polar surface area (TPSA) is 108 Å². The lowest BCUT2D eigenvalue weighted by molar-refractivity contribution is -0.143. The molecule has 2 aliphatic heterocycles. The van der Waals surface area contributed by atoms with Crippen LogP contribution in [0.15, 0.2) is 24.3 Å². The van der Waals surface area contributed by atoms with Crippen molar-refractivity contribution in [3.8, 4) is 5.75 Å². The monoisotopic (exact) mass is 402 g/mol. The lowest BCUT2D eigenvalue weighted by Crippen LogP contribution is -2.63. The number of piperidine rings is 1. The van der Waals surface area contributed by atoms with Gasteiger partial charge in [-0.2, -0.15) is 0 Å². The number of ether oxygens (including phenoxy) is 1. The molecule has 2 atom stereocenters. The standard InChI is InChI=1S/C20H26N4O5/c1-13(25)24-11-10-23(20(28)14-5-7-15(29-2)8-6-14)12-17(24)19(27)22-16-4-3-9-21-18(16)26/h5-8,16-17H,3-4,9-12H2,1-2H3,(H,21,26)(H,22,27)/t16-,17+/m1/s1. The number of carbonyl (C=O) groups is 4. The summed E-state index contributed by atoms with van der Waals surface area (Å²) in [5.74, 6) is -0.458. The highest BCUT2D eigenvalue weighted by Gasteiger charge is 2.37. The minimum atomic E-state index is -0.835. The molecule has 2 saturated heterocycles. The van der Waals surface area contributed by atoms with E-state index in [4.69, 9.17) is 4.74 Å². The third kappa shape index (κ3) is 4.67. The summed E-state index contributed by atoms with van der Waals surface area (Å²) < 4.78 is 5.11. The van der Waals surface area contributed by atoms with E-state index in [1.807, 2.05) is 0 Å². The molecule has 1 aromatic rings. The Hall–Kier alpha value is -3.10. The molecule has 4 amide bonds. The first-order valence-electron chi connectivity index (χ1n) is 9.69. The van der Waals surface area contributed by atoms with Crippen molar-refractivity contribution in [3.63, 3.8) is 0 Å². The molecule has 0 aromatic heterocycles. The third-order valence-corrected chi connectivity index (χ3v) is 5.31. The van der Waals surface area contributed by atoms with Gasteiger partial charge in [-0.3, -0.25) is 19.2 Å². The molecule has 9 heteroatoms. The van der Waals surface area contributed by atoms with Crippen LogP contribution in [0.3, 0.4) is 0 Å². The zero-order chi connectivity index (χ0) is 21.0. The molecule has 2 N–H and O–H groups in total. The minimum Gasteiger partial charge on any atom is -0.497 e. The molecule has 2 aliphatic rings. The summed E-state index contributed by atoms with van der Waals surface area (Å²) in [5, 5.41) is 5.46. The summed E-state index contributed by atoms with van der Waals surface area (Å²) in [6.45, 7) is 2.65. The van der Waals surface area contributed by atoms with Crippen LogP contribution in [-0.2, 0) is 14.4 Å². The molecule has 0 radical (unpaired) electrons. The Labute approximate surface area is 169 Å². The maximum atomic E-state index is 12.9. The second-order valence-corrected chi connectivity index (χ2v) is 7.20. The van der Waals surface area contributed by atoms with Gasteiger partial charge >= 0.3 is 0 Å². The highest BCUT2D eigenvalue weighted by atomic mass is 16.5. The van der Waals surface area contributed by atoms with Gasteiger partial charge in [-0.15, -0.1) is 0 Å².